The van der Waals surface area contributed by atoms with Crippen LogP contribution in [0.1, 0.15) is 25.7 Å². The van der Waals surface area contributed by atoms with Gasteiger partial charge in [0.1, 0.15) is 0 Å². The highest BCUT2D eigenvalue weighted by atomic mass is 35.5. The number of carbonyl (C=O) groups excluding carboxylic acids is 1. The second-order valence-corrected chi connectivity index (χ2v) is 7.45. The van der Waals surface area contributed by atoms with E-state index in [1.165, 1.54) is 5.57 Å². The van der Waals surface area contributed by atoms with E-state index < -0.39 is 6.10 Å². The van der Waals surface area contributed by atoms with E-state index in [-0.39, 0.29) is 11.9 Å². The molecular weight excluding hydrogens is 328 g/mol. The van der Waals surface area contributed by atoms with Crippen molar-refractivity contribution in [1.82, 2.24) is 20.0 Å². The second kappa shape index (κ2) is 7.68. The highest BCUT2D eigenvalue weighted by Gasteiger charge is 2.34. The molecule has 2 heterocycles. The Hall–Kier alpha value is -1.37. The molecule has 3 rings (SSSR count). The Morgan fingerprint density at radius 2 is 2.33 bits per heavy atom. The number of rotatable bonds is 5. The largest absolute Gasteiger partial charge is 0.391 e. The van der Waals surface area contributed by atoms with Gasteiger partial charge in [-0.05, 0) is 32.2 Å². The number of halogens is 1. The van der Waals surface area contributed by atoms with E-state index in [1.807, 2.05) is 0 Å². The van der Waals surface area contributed by atoms with Gasteiger partial charge in [-0.15, -0.1) is 0 Å². The minimum atomic E-state index is -0.489. The summed E-state index contributed by atoms with van der Waals surface area (Å²) in [6.07, 6.45) is 7.88. The average molecular weight is 353 g/mol. The van der Waals surface area contributed by atoms with Crippen LogP contribution in [0.2, 0.25) is 5.02 Å². The van der Waals surface area contributed by atoms with Crippen molar-refractivity contribution in [3.63, 3.8) is 0 Å². The van der Waals surface area contributed by atoms with Crippen LogP contribution in [0, 0.1) is 5.92 Å². The molecule has 2 N–H and O–H groups in total. The number of aromatic nitrogens is 2. The zero-order valence-electron chi connectivity index (χ0n) is 14.0. The van der Waals surface area contributed by atoms with E-state index in [2.05, 4.69) is 28.4 Å². The molecule has 1 aliphatic carbocycles. The van der Waals surface area contributed by atoms with Crippen LogP contribution in [0.4, 0.5) is 0 Å². The van der Waals surface area contributed by atoms with Gasteiger partial charge in [-0.2, -0.15) is 5.10 Å². The Labute approximate surface area is 147 Å². The summed E-state index contributed by atoms with van der Waals surface area (Å²) in [5.74, 6) is 0.307. The molecule has 2 aliphatic rings. The van der Waals surface area contributed by atoms with Crippen LogP contribution >= 0.6 is 11.6 Å². The number of likely N-dealkylation sites (N-methyl/N-ethyl adjacent to an activating group) is 1. The molecule has 1 amide bonds. The monoisotopic (exact) mass is 352 g/mol. The first-order valence-corrected chi connectivity index (χ1v) is 8.89. The molecule has 1 saturated carbocycles. The van der Waals surface area contributed by atoms with Crippen molar-refractivity contribution < 1.29 is 9.90 Å². The van der Waals surface area contributed by atoms with Gasteiger partial charge >= 0.3 is 0 Å². The van der Waals surface area contributed by atoms with Crippen LogP contribution in [0.25, 0.3) is 0 Å². The Balaban J connectivity index is 1.47. The van der Waals surface area contributed by atoms with Crippen molar-refractivity contribution in [3.05, 3.63) is 29.1 Å². The van der Waals surface area contributed by atoms with Gasteiger partial charge in [0.15, 0.2) is 0 Å². The molecule has 3 atom stereocenters. The van der Waals surface area contributed by atoms with E-state index in [1.54, 1.807) is 17.1 Å². The number of aliphatic hydroxyl groups is 1. The summed E-state index contributed by atoms with van der Waals surface area (Å²) in [6.45, 7) is 2.62. The predicted octanol–water partition coefficient (Wildman–Crippen LogP) is 1.44. The molecule has 1 aromatic rings. The lowest BCUT2D eigenvalue weighted by Gasteiger charge is -2.22. The first-order valence-electron chi connectivity index (χ1n) is 8.51. The number of carbonyl (C=O) groups is 1. The summed E-state index contributed by atoms with van der Waals surface area (Å²) in [5, 5.41) is 18.0. The van der Waals surface area contributed by atoms with E-state index >= 15 is 0 Å². The maximum Gasteiger partial charge on any atom is 0.224 e. The highest BCUT2D eigenvalue weighted by molar-refractivity contribution is 6.30. The van der Waals surface area contributed by atoms with Crippen molar-refractivity contribution in [2.24, 2.45) is 5.92 Å². The number of amides is 1. The molecule has 0 saturated heterocycles. The first kappa shape index (κ1) is 17.5. The minimum absolute atomic E-state index is 0.0117. The second-order valence-electron chi connectivity index (χ2n) is 7.01. The van der Waals surface area contributed by atoms with Gasteiger partial charge < -0.3 is 15.3 Å². The smallest absolute Gasteiger partial charge is 0.224 e. The average Bonchev–Trinajstić information content (AvgIpc) is 3.08. The SMILES string of the molecule is CN1CC=C(CC(=O)N[C@@H]2CC(Cn3cc(Cl)cn3)C[C@H]2O)CC1. The summed E-state index contributed by atoms with van der Waals surface area (Å²) in [7, 11) is 2.08. The standard InChI is InChI=1S/C17H25ClN4O2/c1-21-4-2-12(3-5-21)8-17(24)20-15-6-13(7-16(15)23)10-22-11-14(18)9-19-22/h2,9,11,13,15-16,23H,3-8,10H2,1H3,(H,20,24)/t13?,15-,16-/m1/s1. The molecule has 0 radical (unpaired) electrons. The third-order valence-corrected chi connectivity index (χ3v) is 5.11. The summed E-state index contributed by atoms with van der Waals surface area (Å²) in [5.41, 5.74) is 1.20. The Morgan fingerprint density at radius 3 is 3.00 bits per heavy atom. The molecular formula is C17H25ClN4O2. The van der Waals surface area contributed by atoms with E-state index in [4.69, 9.17) is 11.6 Å². The van der Waals surface area contributed by atoms with Crippen molar-refractivity contribution >= 4 is 17.5 Å². The Kier molecular flexibility index (Phi) is 5.58. The number of nitrogens with one attached hydrogen (secondary N) is 1. The number of aliphatic hydroxyl groups excluding tert-OH is 1. The van der Waals surface area contributed by atoms with Crippen LogP contribution in [0.3, 0.4) is 0 Å². The lowest BCUT2D eigenvalue weighted by atomic mass is 10.0. The van der Waals surface area contributed by atoms with Gasteiger partial charge in [-0.25, -0.2) is 0 Å². The molecule has 1 aliphatic heterocycles. The van der Waals surface area contributed by atoms with Crippen LogP contribution in [0.5, 0.6) is 0 Å². The van der Waals surface area contributed by atoms with E-state index in [0.717, 1.165) is 25.9 Å². The van der Waals surface area contributed by atoms with Crippen molar-refractivity contribution in [2.75, 3.05) is 20.1 Å². The molecule has 132 valence electrons. The molecule has 1 unspecified atom stereocenters. The van der Waals surface area contributed by atoms with Crippen molar-refractivity contribution in [3.8, 4) is 0 Å². The first-order chi connectivity index (χ1) is 11.5. The molecule has 0 aromatic carbocycles. The van der Waals surface area contributed by atoms with Crippen molar-refractivity contribution in [2.45, 2.75) is 44.4 Å². The van der Waals surface area contributed by atoms with Gasteiger partial charge in [0.2, 0.25) is 5.91 Å². The van der Waals surface area contributed by atoms with Gasteiger partial charge in [-0.3, -0.25) is 9.48 Å². The summed E-state index contributed by atoms with van der Waals surface area (Å²) < 4.78 is 1.80. The summed E-state index contributed by atoms with van der Waals surface area (Å²) in [6, 6.07) is -0.166. The topological polar surface area (TPSA) is 70.4 Å². The van der Waals surface area contributed by atoms with Crippen LogP contribution in [0.15, 0.2) is 24.0 Å². The molecule has 1 fully saturated rings. The molecule has 1 aromatic heterocycles. The van der Waals surface area contributed by atoms with Gasteiger partial charge in [0.25, 0.3) is 0 Å². The maximum atomic E-state index is 12.3. The predicted molar refractivity (Wildman–Crippen MR) is 92.7 cm³/mol. The maximum absolute atomic E-state index is 12.3. The zero-order chi connectivity index (χ0) is 17.1. The number of hydrogen-bond donors (Lipinski definition) is 2. The van der Waals surface area contributed by atoms with Gasteiger partial charge in [-0.1, -0.05) is 23.3 Å². The fraction of sp³-hybridized carbons (Fsp3) is 0.647. The van der Waals surface area contributed by atoms with Crippen LogP contribution < -0.4 is 5.32 Å². The normalized spacial score (nSPS) is 28.0. The highest BCUT2D eigenvalue weighted by Crippen LogP contribution is 2.28. The Morgan fingerprint density at radius 1 is 1.50 bits per heavy atom. The lowest BCUT2D eigenvalue weighted by Crippen LogP contribution is -2.40. The van der Waals surface area contributed by atoms with Gasteiger partial charge in [0.05, 0.1) is 23.4 Å². The van der Waals surface area contributed by atoms with E-state index in [9.17, 15) is 9.90 Å². The third kappa shape index (κ3) is 4.59. The number of hydrogen-bond acceptors (Lipinski definition) is 4. The number of nitrogens with zero attached hydrogens (tertiary/aromatic N) is 3. The van der Waals surface area contributed by atoms with Crippen LogP contribution in [-0.4, -0.2) is 58.0 Å². The minimum Gasteiger partial charge on any atom is -0.391 e. The van der Waals surface area contributed by atoms with Crippen molar-refractivity contribution in [1.29, 1.82) is 0 Å². The fourth-order valence-corrected chi connectivity index (χ4v) is 3.72. The molecule has 24 heavy (non-hydrogen) atoms. The molecule has 6 nitrogen and oxygen atoms in total. The Bertz CT molecular complexity index is 615. The van der Waals surface area contributed by atoms with Crippen LogP contribution in [-0.2, 0) is 11.3 Å². The quantitative estimate of drug-likeness (QED) is 0.787. The van der Waals surface area contributed by atoms with Gasteiger partial charge in [0, 0.05) is 32.3 Å². The summed E-state index contributed by atoms with van der Waals surface area (Å²) >= 11 is 5.88. The molecule has 7 heteroatoms. The molecule has 0 bridgehead atoms. The molecule has 0 spiro atoms. The third-order valence-electron chi connectivity index (χ3n) is 4.91. The summed E-state index contributed by atoms with van der Waals surface area (Å²) in [4.78, 5) is 14.5. The zero-order valence-corrected chi connectivity index (χ0v) is 14.7. The van der Waals surface area contributed by atoms with E-state index in [0.29, 0.717) is 30.3 Å². The fourth-order valence-electron chi connectivity index (χ4n) is 3.56. The lowest BCUT2D eigenvalue weighted by molar-refractivity contribution is -0.121.